The molecule has 2 saturated heterocycles. The molecule has 0 radical (unpaired) electrons. The van der Waals surface area contributed by atoms with E-state index < -0.39 is 11.4 Å². The van der Waals surface area contributed by atoms with Gasteiger partial charge in [-0.1, -0.05) is 6.07 Å². The van der Waals surface area contributed by atoms with Crippen molar-refractivity contribution in [2.45, 2.75) is 18.6 Å². The Morgan fingerprint density at radius 3 is 2.55 bits per heavy atom. The summed E-state index contributed by atoms with van der Waals surface area (Å²) in [5, 5.41) is 19.6. The van der Waals surface area contributed by atoms with Crippen molar-refractivity contribution >= 4 is 28.8 Å². The van der Waals surface area contributed by atoms with Crippen LogP contribution in [-0.2, 0) is 9.47 Å². The number of carbonyl (C=O) groups is 1. The number of oxazole rings is 1. The van der Waals surface area contributed by atoms with Crippen LogP contribution < -0.4 is 15.2 Å². The number of ether oxygens (including phenoxy) is 2. The zero-order valence-corrected chi connectivity index (χ0v) is 22.0. The van der Waals surface area contributed by atoms with E-state index >= 15 is 0 Å². The molecule has 2 fully saturated rings. The van der Waals surface area contributed by atoms with Gasteiger partial charge in [-0.05, 0) is 30.7 Å². The van der Waals surface area contributed by atoms with E-state index in [0.717, 1.165) is 18.7 Å². The Morgan fingerprint density at radius 1 is 1.07 bits per heavy atom. The first kappa shape index (κ1) is 25.6. The molecule has 0 saturated carbocycles. The topological polar surface area (TPSA) is 134 Å². The van der Waals surface area contributed by atoms with Crippen molar-refractivity contribution in [3.05, 3.63) is 70.0 Å². The fourth-order valence-corrected chi connectivity index (χ4v) is 5.26. The average molecular weight is 542 g/mol. The first-order valence-corrected chi connectivity index (χ1v) is 12.9. The van der Waals surface area contributed by atoms with E-state index in [1.165, 1.54) is 12.3 Å². The van der Waals surface area contributed by atoms with Crippen LogP contribution in [0.5, 0.6) is 0 Å². The second kappa shape index (κ2) is 10.1. The van der Waals surface area contributed by atoms with Crippen LogP contribution in [0.25, 0.3) is 28.0 Å². The molecule has 11 heteroatoms. The summed E-state index contributed by atoms with van der Waals surface area (Å²) in [7, 11) is 3.35. The van der Waals surface area contributed by atoms with Crippen LogP contribution in [0, 0.1) is 11.3 Å². The molecule has 204 valence electrons. The summed E-state index contributed by atoms with van der Waals surface area (Å²) in [5.41, 5.74) is 3.04. The number of nitriles is 1. The lowest BCUT2D eigenvalue weighted by molar-refractivity contribution is 0.0694. The SMILES string of the molecule is COC1CN(c2nc3ccc(-n4cc(C(=O)O)c(=O)cc4-c4ccc(N5CCC(OC)C5)c(C#N)c4)cc3o2)C1. The molecule has 0 aliphatic carbocycles. The molecule has 6 rings (SSSR count). The smallest absolute Gasteiger partial charge is 0.341 e. The number of aromatic nitrogens is 2. The number of anilines is 2. The van der Waals surface area contributed by atoms with E-state index in [-0.39, 0.29) is 17.8 Å². The molecule has 1 atom stereocenters. The Balaban J connectivity index is 1.42. The van der Waals surface area contributed by atoms with Gasteiger partial charge >= 0.3 is 5.97 Å². The number of pyridine rings is 1. The van der Waals surface area contributed by atoms with Crippen LogP contribution in [0.1, 0.15) is 22.3 Å². The number of hydrogen-bond donors (Lipinski definition) is 1. The highest BCUT2D eigenvalue weighted by molar-refractivity contribution is 5.88. The predicted octanol–water partition coefficient (Wildman–Crippen LogP) is 3.28. The van der Waals surface area contributed by atoms with Crippen molar-refractivity contribution in [1.82, 2.24) is 9.55 Å². The maximum atomic E-state index is 12.8. The van der Waals surface area contributed by atoms with Crippen molar-refractivity contribution in [2.75, 3.05) is 50.2 Å². The summed E-state index contributed by atoms with van der Waals surface area (Å²) in [5.74, 6) is -1.33. The Labute approximate surface area is 229 Å². The fourth-order valence-electron chi connectivity index (χ4n) is 5.26. The molecule has 2 aliphatic heterocycles. The van der Waals surface area contributed by atoms with Gasteiger partial charge in [0, 0.05) is 56.9 Å². The molecule has 0 amide bonds. The average Bonchev–Trinajstić information content (AvgIpc) is 3.58. The highest BCUT2D eigenvalue weighted by atomic mass is 16.5. The standard InChI is InChI=1S/C29H27N5O6/c1-38-20-7-8-32(13-20)24-6-3-17(9-18(24)12-30)25-11-26(35)22(28(36)37)16-34(25)19-4-5-23-27(10-19)40-29(31-23)33-14-21(15-33)39-2/h3-6,9-11,16,20-21H,7-8,13-15H2,1-2H3,(H,36,37). The van der Waals surface area contributed by atoms with Gasteiger partial charge < -0.3 is 33.4 Å². The number of aromatic carboxylic acids is 1. The van der Waals surface area contributed by atoms with E-state index in [4.69, 9.17) is 13.9 Å². The van der Waals surface area contributed by atoms with Crippen LogP contribution in [0.2, 0.25) is 0 Å². The van der Waals surface area contributed by atoms with E-state index in [9.17, 15) is 20.0 Å². The molecule has 0 bridgehead atoms. The number of nitrogens with zero attached hydrogens (tertiary/aromatic N) is 5. The van der Waals surface area contributed by atoms with Crippen molar-refractivity contribution in [2.24, 2.45) is 0 Å². The number of rotatable bonds is 7. The van der Waals surface area contributed by atoms with Gasteiger partial charge in [-0.3, -0.25) is 4.79 Å². The molecule has 40 heavy (non-hydrogen) atoms. The monoisotopic (exact) mass is 541 g/mol. The third kappa shape index (κ3) is 4.47. The van der Waals surface area contributed by atoms with Crippen molar-refractivity contribution < 1.29 is 23.8 Å². The van der Waals surface area contributed by atoms with Crippen LogP contribution in [-0.4, -0.2) is 73.2 Å². The summed E-state index contributed by atoms with van der Waals surface area (Å²) in [6.07, 6.45) is 2.42. The second-order valence-corrected chi connectivity index (χ2v) is 9.96. The van der Waals surface area contributed by atoms with Crippen LogP contribution in [0.15, 0.2) is 57.9 Å². The number of fused-ring (bicyclic) bond motifs is 1. The number of carboxylic acids is 1. The number of hydrogen-bond acceptors (Lipinski definition) is 9. The lowest BCUT2D eigenvalue weighted by Gasteiger charge is -2.36. The summed E-state index contributed by atoms with van der Waals surface area (Å²) < 4.78 is 18.4. The minimum absolute atomic E-state index is 0.106. The van der Waals surface area contributed by atoms with Gasteiger partial charge in [0.1, 0.15) is 17.1 Å². The minimum Gasteiger partial charge on any atom is -0.477 e. The minimum atomic E-state index is -1.33. The molecule has 2 aliphatic rings. The van der Waals surface area contributed by atoms with Crippen LogP contribution in [0.3, 0.4) is 0 Å². The molecule has 4 aromatic rings. The molecule has 11 nitrogen and oxygen atoms in total. The summed E-state index contributed by atoms with van der Waals surface area (Å²) in [4.78, 5) is 33.3. The van der Waals surface area contributed by atoms with Gasteiger partial charge in [0.2, 0.25) is 0 Å². The van der Waals surface area contributed by atoms with Gasteiger partial charge in [0.05, 0.1) is 42.2 Å². The Bertz CT molecular complexity index is 1710. The Kier molecular flexibility index (Phi) is 6.50. The zero-order valence-electron chi connectivity index (χ0n) is 22.0. The third-order valence-corrected chi connectivity index (χ3v) is 7.60. The van der Waals surface area contributed by atoms with E-state index in [1.807, 2.05) is 17.0 Å². The van der Waals surface area contributed by atoms with Gasteiger partial charge in [0.25, 0.3) is 6.01 Å². The molecule has 4 heterocycles. The fraction of sp³-hybridized carbons (Fsp3) is 0.310. The van der Waals surface area contributed by atoms with Crippen LogP contribution in [0.4, 0.5) is 11.7 Å². The largest absolute Gasteiger partial charge is 0.477 e. The second-order valence-electron chi connectivity index (χ2n) is 9.96. The van der Waals surface area contributed by atoms with Crippen molar-refractivity contribution in [1.29, 1.82) is 5.26 Å². The van der Waals surface area contributed by atoms with Gasteiger partial charge in [-0.2, -0.15) is 10.2 Å². The predicted molar refractivity (Wildman–Crippen MR) is 147 cm³/mol. The lowest BCUT2D eigenvalue weighted by Crippen LogP contribution is -2.52. The van der Waals surface area contributed by atoms with Crippen molar-refractivity contribution in [3.8, 4) is 23.0 Å². The molecule has 1 unspecified atom stereocenters. The maximum Gasteiger partial charge on any atom is 0.341 e. The first-order chi connectivity index (χ1) is 19.4. The quantitative estimate of drug-likeness (QED) is 0.371. The third-order valence-electron chi connectivity index (χ3n) is 7.60. The molecular weight excluding hydrogens is 514 g/mol. The maximum absolute atomic E-state index is 12.8. The first-order valence-electron chi connectivity index (χ1n) is 12.9. The molecule has 1 N–H and O–H groups in total. The summed E-state index contributed by atoms with van der Waals surface area (Å²) >= 11 is 0. The van der Waals surface area contributed by atoms with Gasteiger partial charge in [0.15, 0.2) is 11.0 Å². The molecule has 2 aromatic heterocycles. The van der Waals surface area contributed by atoms with Gasteiger partial charge in [-0.15, -0.1) is 0 Å². The van der Waals surface area contributed by atoms with E-state index in [0.29, 0.717) is 59.3 Å². The molecule has 2 aromatic carbocycles. The van der Waals surface area contributed by atoms with Crippen LogP contribution >= 0.6 is 0 Å². The lowest BCUT2D eigenvalue weighted by atomic mass is 10.0. The van der Waals surface area contributed by atoms with Crippen molar-refractivity contribution in [3.63, 3.8) is 0 Å². The number of benzene rings is 2. The summed E-state index contributed by atoms with van der Waals surface area (Å²) in [6, 6.07) is 14.8. The highest BCUT2D eigenvalue weighted by Crippen LogP contribution is 2.32. The Hall–Kier alpha value is -4.66. The van der Waals surface area contributed by atoms with E-state index in [2.05, 4.69) is 16.0 Å². The number of methoxy groups -OCH3 is 2. The summed E-state index contributed by atoms with van der Waals surface area (Å²) in [6.45, 7) is 2.82. The van der Waals surface area contributed by atoms with E-state index in [1.54, 1.807) is 43.1 Å². The highest BCUT2D eigenvalue weighted by Gasteiger charge is 2.30. The number of carboxylic acid groups (broad SMARTS) is 1. The Morgan fingerprint density at radius 2 is 1.85 bits per heavy atom. The normalized spacial score (nSPS) is 17.3. The zero-order chi connectivity index (χ0) is 28.0. The van der Waals surface area contributed by atoms with Gasteiger partial charge in [-0.25, -0.2) is 4.79 Å². The molecule has 0 spiro atoms. The molecular formula is C29H27N5O6.